The van der Waals surface area contributed by atoms with E-state index in [2.05, 4.69) is 9.98 Å². The second kappa shape index (κ2) is 9.21. The van der Waals surface area contributed by atoms with E-state index in [0.29, 0.717) is 29.9 Å². The van der Waals surface area contributed by atoms with Crippen LogP contribution in [0.4, 0.5) is 13.2 Å². The van der Waals surface area contributed by atoms with Crippen molar-refractivity contribution < 1.29 is 23.0 Å². The van der Waals surface area contributed by atoms with Crippen molar-refractivity contribution in [2.75, 3.05) is 13.2 Å². The fourth-order valence-corrected chi connectivity index (χ4v) is 3.19. The van der Waals surface area contributed by atoms with Crippen LogP contribution in [0, 0.1) is 6.92 Å². The van der Waals surface area contributed by atoms with Gasteiger partial charge in [0.15, 0.2) is 24.3 Å². The van der Waals surface area contributed by atoms with Crippen LogP contribution in [0.25, 0.3) is 5.70 Å². The van der Waals surface area contributed by atoms with Gasteiger partial charge in [-0.25, -0.2) is 18.2 Å². The highest BCUT2D eigenvalue weighted by atomic mass is 19.2. The first-order valence-corrected chi connectivity index (χ1v) is 9.29. The van der Waals surface area contributed by atoms with Crippen LogP contribution >= 0.6 is 0 Å². The number of aromatic nitrogens is 2. The molecule has 1 N–H and O–H groups in total. The molecule has 29 heavy (non-hydrogen) atoms. The Kier molecular flexibility index (Phi) is 6.68. The molecular weight excluding hydrogens is 387 g/mol. The predicted octanol–water partition coefficient (Wildman–Crippen LogP) is 2.60. The molecule has 0 bridgehead atoms. The molecule has 0 amide bonds. The van der Waals surface area contributed by atoms with Gasteiger partial charge in [-0.2, -0.15) is 0 Å². The molecular formula is C20H22F3N3O3. The highest BCUT2D eigenvalue weighted by Gasteiger charge is 2.24. The van der Waals surface area contributed by atoms with Gasteiger partial charge < -0.3 is 9.84 Å². The number of alkyl halides is 3. The number of ether oxygens (including phenoxy) is 1. The van der Waals surface area contributed by atoms with E-state index >= 15 is 0 Å². The van der Waals surface area contributed by atoms with Gasteiger partial charge in [-0.05, 0) is 44.1 Å². The highest BCUT2D eigenvalue weighted by Crippen LogP contribution is 2.24. The van der Waals surface area contributed by atoms with Crippen LogP contribution in [-0.4, -0.2) is 52.0 Å². The third kappa shape index (κ3) is 5.03. The number of aliphatic hydroxyl groups is 1. The zero-order valence-electron chi connectivity index (χ0n) is 15.9. The van der Waals surface area contributed by atoms with E-state index in [0.717, 1.165) is 12.2 Å². The van der Waals surface area contributed by atoms with Crippen molar-refractivity contribution in [3.05, 3.63) is 58.0 Å². The third-order valence-electron chi connectivity index (χ3n) is 4.55. The average molecular weight is 409 g/mol. The number of rotatable bonds is 6. The van der Waals surface area contributed by atoms with Crippen LogP contribution < -0.4 is 5.56 Å². The van der Waals surface area contributed by atoms with Crippen LogP contribution in [0.2, 0.25) is 0 Å². The molecule has 156 valence electrons. The lowest BCUT2D eigenvalue weighted by atomic mass is 10.00. The normalized spacial score (nSPS) is 25.7. The summed E-state index contributed by atoms with van der Waals surface area (Å²) in [5.41, 5.74) is 0.826. The van der Waals surface area contributed by atoms with E-state index in [9.17, 15) is 18.0 Å². The Morgan fingerprint density at radius 2 is 2.07 bits per heavy atom. The Morgan fingerprint density at radius 3 is 2.76 bits per heavy atom. The summed E-state index contributed by atoms with van der Waals surface area (Å²) < 4.78 is 47.9. The van der Waals surface area contributed by atoms with Gasteiger partial charge in [0.05, 0.1) is 18.9 Å². The maximum atomic E-state index is 14.5. The van der Waals surface area contributed by atoms with Crippen molar-refractivity contribution in [1.82, 2.24) is 9.55 Å². The zero-order valence-corrected chi connectivity index (χ0v) is 15.9. The summed E-state index contributed by atoms with van der Waals surface area (Å²) in [5, 5.41) is 8.84. The number of hydrogen-bond donors (Lipinski definition) is 1. The third-order valence-corrected chi connectivity index (χ3v) is 4.55. The van der Waals surface area contributed by atoms with Gasteiger partial charge >= 0.3 is 0 Å². The zero-order chi connectivity index (χ0) is 21.0. The molecule has 1 aromatic rings. The van der Waals surface area contributed by atoms with Crippen molar-refractivity contribution in [3.8, 4) is 0 Å². The van der Waals surface area contributed by atoms with Crippen molar-refractivity contribution in [2.45, 2.75) is 44.9 Å². The lowest BCUT2D eigenvalue weighted by molar-refractivity contribution is 0.181. The fraction of sp³-hybridized carbons (Fsp3) is 0.450. The van der Waals surface area contributed by atoms with E-state index < -0.39 is 18.5 Å². The molecule has 0 aromatic carbocycles. The molecule has 3 atom stereocenters. The molecule has 0 fully saturated rings. The molecule has 2 aliphatic rings. The molecule has 1 aromatic heterocycles. The predicted molar refractivity (Wildman–Crippen MR) is 103 cm³/mol. The number of hydrogen-bond acceptors (Lipinski definition) is 5. The minimum atomic E-state index is -1.80. The highest BCUT2D eigenvalue weighted by molar-refractivity contribution is 5.93. The molecule has 0 radical (unpaired) electrons. The first kappa shape index (κ1) is 21.0. The molecule has 2 aliphatic carbocycles. The monoisotopic (exact) mass is 409 g/mol. The Hall–Kier alpha value is -2.68. The van der Waals surface area contributed by atoms with Crippen LogP contribution in [0.1, 0.15) is 24.4 Å². The molecule has 9 heteroatoms. The van der Waals surface area contributed by atoms with Gasteiger partial charge in [0, 0.05) is 17.5 Å². The topological polar surface area (TPSA) is 76.7 Å². The maximum Gasteiger partial charge on any atom is 0.258 e. The molecule has 3 unspecified atom stereocenters. The first-order valence-electron chi connectivity index (χ1n) is 9.29. The number of halogens is 3. The van der Waals surface area contributed by atoms with Crippen LogP contribution in [0.3, 0.4) is 0 Å². The van der Waals surface area contributed by atoms with Gasteiger partial charge in [0.25, 0.3) is 5.56 Å². The van der Waals surface area contributed by atoms with Crippen molar-refractivity contribution in [2.24, 2.45) is 4.99 Å². The molecule has 1 heterocycles. The van der Waals surface area contributed by atoms with Gasteiger partial charge in [0.2, 0.25) is 0 Å². The number of aryl methyl sites for hydroxylation is 1. The lowest BCUT2D eigenvalue weighted by Crippen LogP contribution is -2.29. The number of aliphatic hydroxyl groups excluding tert-OH is 1. The van der Waals surface area contributed by atoms with Gasteiger partial charge in [-0.1, -0.05) is 0 Å². The van der Waals surface area contributed by atoms with Crippen molar-refractivity contribution >= 4 is 11.4 Å². The second-order valence-corrected chi connectivity index (χ2v) is 6.75. The lowest BCUT2D eigenvalue weighted by Gasteiger charge is -2.22. The van der Waals surface area contributed by atoms with E-state index in [-0.39, 0.29) is 36.9 Å². The summed E-state index contributed by atoms with van der Waals surface area (Å²) in [6, 6.07) is 1.33. The smallest absolute Gasteiger partial charge is 0.258 e. The minimum Gasteiger partial charge on any atom is -0.486 e. The molecule has 0 saturated heterocycles. The minimum absolute atomic E-state index is 0.127. The van der Waals surface area contributed by atoms with Gasteiger partial charge in [0.1, 0.15) is 12.4 Å². The SMILES string of the molecule is Cc1cc(=O)n(C2=CC(F)C(=NCCO)CC2)c(COC2=CC(F)C(F)C=C2)n1. The second-order valence-electron chi connectivity index (χ2n) is 6.75. The van der Waals surface area contributed by atoms with Crippen LogP contribution in [0.15, 0.2) is 45.9 Å². The summed E-state index contributed by atoms with van der Waals surface area (Å²) in [4.78, 5) is 20.9. The van der Waals surface area contributed by atoms with Crippen molar-refractivity contribution in [3.63, 3.8) is 0 Å². The Bertz CT molecular complexity index is 937. The average Bonchev–Trinajstić information content (AvgIpc) is 2.67. The largest absolute Gasteiger partial charge is 0.486 e. The first-order chi connectivity index (χ1) is 13.9. The van der Waals surface area contributed by atoms with Gasteiger partial charge in [-0.15, -0.1) is 0 Å². The number of nitrogens with zero attached hydrogens (tertiary/aromatic N) is 3. The van der Waals surface area contributed by atoms with Crippen LogP contribution in [0.5, 0.6) is 0 Å². The molecule has 3 rings (SSSR count). The summed E-state index contributed by atoms with van der Waals surface area (Å²) in [6.45, 7) is 1.44. The standard InChI is InChI=1S/C20H22F3N3O3/c1-12-8-20(28)26(13-2-5-18(17(23)9-13)24-6-7-27)19(25-12)11-29-14-3-4-15(21)16(22)10-14/h3-4,8-10,15-17,27H,2,5-7,11H2,1H3. The quantitative estimate of drug-likeness (QED) is 0.784. The fourth-order valence-electron chi connectivity index (χ4n) is 3.19. The summed E-state index contributed by atoms with van der Waals surface area (Å²) >= 11 is 0. The Labute approximate surface area is 165 Å². The summed E-state index contributed by atoms with van der Waals surface area (Å²) in [7, 11) is 0. The Morgan fingerprint density at radius 1 is 1.28 bits per heavy atom. The number of aliphatic imine (C=N–C) groups is 1. The Balaban J connectivity index is 1.86. The van der Waals surface area contributed by atoms with E-state index in [1.807, 2.05) is 0 Å². The molecule has 0 saturated carbocycles. The van der Waals surface area contributed by atoms with Crippen LogP contribution in [-0.2, 0) is 11.3 Å². The van der Waals surface area contributed by atoms with E-state index in [1.54, 1.807) is 6.92 Å². The maximum absolute atomic E-state index is 14.5. The molecule has 0 aliphatic heterocycles. The van der Waals surface area contributed by atoms with E-state index in [1.165, 1.54) is 22.8 Å². The molecule has 6 nitrogen and oxygen atoms in total. The van der Waals surface area contributed by atoms with Crippen molar-refractivity contribution in [1.29, 1.82) is 0 Å². The summed E-state index contributed by atoms with van der Waals surface area (Å²) in [5.74, 6) is 0.365. The summed E-state index contributed by atoms with van der Waals surface area (Å²) in [6.07, 6.45) is 0.383. The number of allylic oxidation sites excluding steroid dienone is 5. The van der Waals surface area contributed by atoms with Gasteiger partial charge in [-0.3, -0.25) is 14.4 Å². The van der Waals surface area contributed by atoms with E-state index in [4.69, 9.17) is 9.84 Å². The molecule has 0 spiro atoms.